The fraction of sp³-hybridized carbons (Fsp3) is 0.179. The first-order valence-corrected chi connectivity index (χ1v) is 19.0. The number of hydrogen-bond acceptors (Lipinski definition) is 15. The van der Waals surface area contributed by atoms with Crippen molar-refractivity contribution in [3.05, 3.63) is 84.4 Å². The molecule has 3 rings (SSSR count). The van der Waals surface area contributed by atoms with Crippen molar-refractivity contribution >= 4 is 78.2 Å². The van der Waals surface area contributed by atoms with Gasteiger partial charge in [0.1, 0.15) is 6.04 Å². The van der Waals surface area contributed by atoms with Crippen molar-refractivity contribution in [1.29, 1.82) is 5.26 Å². The Labute approximate surface area is 378 Å². The molecule has 67 heavy (non-hydrogen) atoms. The van der Waals surface area contributed by atoms with Crippen LogP contribution in [-0.4, -0.2) is 108 Å². The van der Waals surface area contributed by atoms with Gasteiger partial charge in [0.2, 0.25) is 0 Å². The van der Waals surface area contributed by atoms with Gasteiger partial charge in [-0.3, -0.25) is 68.1 Å². The Hall–Kier alpha value is -9.94. The first kappa shape index (κ1) is 51.4. The summed E-state index contributed by atoms with van der Waals surface area (Å²) in [5.74, 6) is -1.76. The Morgan fingerprint density at radius 1 is 0.448 bits per heavy atom. The molecule has 1 unspecified atom stereocenters. The van der Waals surface area contributed by atoms with Crippen LogP contribution in [0.5, 0.6) is 0 Å². The first-order valence-electron chi connectivity index (χ1n) is 19.0. The van der Waals surface area contributed by atoms with E-state index in [1.54, 1.807) is 42.8 Å². The zero-order chi connectivity index (χ0) is 49.8. The molecule has 12 N–H and O–H groups in total. The fourth-order valence-electron chi connectivity index (χ4n) is 5.15. The smallest absolute Gasteiger partial charge is 0.326 e. The summed E-state index contributed by atoms with van der Waals surface area (Å²) in [4.78, 5) is 157. The topological polar surface area (TPSA) is 397 Å². The fourth-order valence-corrected chi connectivity index (χ4v) is 5.15. The minimum absolute atomic E-state index is 0.0432. The number of hydrogen-bond donors (Lipinski definition) is 12. The highest BCUT2D eigenvalue weighted by molar-refractivity contribution is 6.13. The molecule has 0 heterocycles. The van der Waals surface area contributed by atoms with Gasteiger partial charge in [-0.25, -0.2) is 62.8 Å². The van der Waals surface area contributed by atoms with E-state index in [1.807, 2.05) is 59.9 Å². The van der Waals surface area contributed by atoms with E-state index in [1.165, 1.54) is 68.8 Å². The Morgan fingerprint density at radius 3 is 1.07 bits per heavy atom. The van der Waals surface area contributed by atoms with E-state index in [9.17, 15) is 62.3 Å². The summed E-state index contributed by atoms with van der Waals surface area (Å²) in [6.07, 6.45) is 1.78. The van der Waals surface area contributed by atoms with Gasteiger partial charge in [0, 0.05) is 19.7 Å². The molecule has 0 fully saturated rings. The Balaban J connectivity index is 1.32. The van der Waals surface area contributed by atoms with Crippen LogP contribution in [0, 0.1) is 17.4 Å². The van der Waals surface area contributed by atoms with Crippen molar-refractivity contribution in [1.82, 2.24) is 73.8 Å². The number of benzene rings is 3. The molecule has 1 atom stereocenters. The number of imide groups is 11. The molecule has 28 nitrogen and oxygen atoms in total. The number of nitrogens with zero attached hydrogens (tertiary/aromatic N) is 3. The number of carbonyl (C=O) groups is 13. The van der Waals surface area contributed by atoms with Gasteiger partial charge in [0.05, 0.1) is 0 Å². The highest BCUT2D eigenvalue weighted by atomic mass is 16.2. The second-order valence-corrected chi connectivity index (χ2v) is 13.7. The molecule has 0 bridgehead atoms. The molecule has 0 saturated heterocycles. The molecule has 350 valence electrons. The van der Waals surface area contributed by atoms with Crippen LogP contribution < -0.4 is 63.8 Å². The number of rotatable bonds is 8. The molecule has 0 spiro atoms. The number of nitrogens with one attached hydrogen (secondary N) is 12. The molecule has 28 heteroatoms. The van der Waals surface area contributed by atoms with Crippen LogP contribution in [0.25, 0.3) is 22.3 Å². The van der Waals surface area contributed by atoms with Crippen molar-refractivity contribution < 1.29 is 62.3 Å². The number of nitriles is 1. The van der Waals surface area contributed by atoms with Crippen LogP contribution in [0.2, 0.25) is 0 Å². The number of carbonyl (C=O) groups excluding carboxylic acids is 13. The molecule has 0 aromatic heterocycles. The maximum atomic E-state index is 12.7. The third-order valence-electron chi connectivity index (χ3n) is 8.19. The maximum Gasteiger partial charge on any atom is 0.330 e. The molecular weight excluding hydrogens is 887 g/mol. The van der Waals surface area contributed by atoms with Crippen LogP contribution in [0.4, 0.5) is 52.7 Å². The summed E-state index contributed by atoms with van der Waals surface area (Å²) in [7, 11) is 2.54. The van der Waals surface area contributed by atoms with Gasteiger partial charge >= 0.3 is 66.3 Å². The van der Waals surface area contributed by atoms with Crippen molar-refractivity contribution in [2.24, 2.45) is 5.92 Å². The summed E-state index contributed by atoms with van der Waals surface area (Å²) >= 11 is 0. The van der Waals surface area contributed by atoms with Crippen LogP contribution in [0.3, 0.4) is 0 Å². The number of likely N-dealkylation sites (N-methyl/N-ethyl adjacent to an activating group) is 1. The van der Waals surface area contributed by atoms with Gasteiger partial charge in [-0.15, -0.1) is 0 Å². The molecule has 0 aliphatic heterocycles. The maximum absolute atomic E-state index is 12.7. The van der Waals surface area contributed by atoms with E-state index in [0.29, 0.717) is 0 Å². The number of amides is 24. The van der Waals surface area contributed by atoms with Crippen molar-refractivity contribution in [3.8, 4) is 28.4 Å². The molecule has 0 aliphatic rings. The van der Waals surface area contributed by atoms with Crippen LogP contribution >= 0.6 is 0 Å². The van der Waals surface area contributed by atoms with Gasteiger partial charge in [-0.2, -0.15) is 5.26 Å². The Kier molecular flexibility index (Phi) is 18.9. The summed E-state index contributed by atoms with van der Waals surface area (Å²) < 4.78 is 0. The molecule has 3 aromatic carbocycles. The SMILES string of the molecule is CC(C)CC(NC(=O)NC(=O)NC(=O)NC(=O)NC(=O)NC(=O)NC(=O)NC(=O)NC(=O)NC(=O)NC(=O)NC(=O)c1ccc(-c2ccc(-c3ccccc3)cc2)cc1)C(=O)N(C)N(C)C#N. The molecule has 0 aliphatic carbocycles. The van der Waals surface area contributed by atoms with E-state index in [2.05, 4.69) is 5.32 Å². The normalized spacial score (nSPS) is 10.4. The molecule has 3 aromatic rings. The van der Waals surface area contributed by atoms with Gasteiger partial charge < -0.3 is 5.32 Å². The number of urea groups is 11. The summed E-state index contributed by atoms with van der Waals surface area (Å²) in [6, 6.07) is 5.15. The van der Waals surface area contributed by atoms with Crippen LogP contribution in [-0.2, 0) is 4.79 Å². The van der Waals surface area contributed by atoms with Crippen molar-refractivity contribution in [2.75, 3.05) is 14.1 Å². The highest BCUT2D eigenvalue weighted by Gasteiger charge is 2.28. The van der Waals surface area contributed by atoms with E-state index >= 15 is 0 Å². The average molecular weight is 928 g/mol. The monoisotopic (exact) mass is 927 g/mol. The lowest BCUT2D eigenvalue weighted by Crippen LogP contribution is -2.57. The lowest BCUT2D eigenvalue weighted by molar-refractivity contribution is -0.142. The van der Waals surface area contributed by atoms with E-state index < -0.39 is 84.2 Å². The second-order valence-electron chi connectivity index (χ2n) is 13.7. The van der Waals surface area contributed by atoms with Gasteiger partial charge in [-0.05, 0) is 46.7 Å². The third-order valence-corrected chi connectivity index (χ3v) is 8.19. The molecular formula is C39H41N15O13. The van der Waals surface area contributed by atoms with E-state index in [4.69, 9.17) is 5.26 Å². The van der Waals surface area contributed by atoms with Gasteiger partial charge in [-0.1, -0.05) is 80.6 Å². The summed E-state index contributed by atoms with van der Waals surface area (Å²) in [5.41, 5.74) is 3.72. The predicted molar refractivity (Wildman–Crippen MR) is 228 cm³/mol. The third kappa shape index (κ3) is 17.8. The second kappa shape index (κ2) is 24.6. The van der Waals surface area contributed by atoms with Crippen molar-refractivity contribution in [3.63, 3.8) is 0 Å². The predicted octanol–water partition coefficient (Wildman–Crippen LogP) is 1.76. The highest BCUT2D eigenvalue weighted by Crippen LogP contribution is 2.25. The minimum Gasteiger partial charge on any atom is -0.326 e. The van der Waals surface area contributed by atoms with Gasteiger partial charge in [0.15, 0.2) is 6.19 Å². The lowest BCUT2D eigenvalue weighted by atomic mass is 9.99. The number of hydrazine groups is 1. The van der Waals surface area contributed by atoms with E-state index in [0.717, 1.165) is 32.3 Å². The first-order chi connectivity index (χ1) is 31.6. The Morgan fingerprint density at radius 2 is 0.746 bits per heavy atom. The van der Waals surface area contributed by atoms with Crippen LogP contribution in [0.1, 0.15) is 30.6 Å². The average Bonchev–Trinajstić information content (AvgIpc) is 3.24. The van der Waals surface area contributed by atoms with Crippen molar-refractivity contribution in [2.45, 2.75) is 26.3 Å². The summed E-state index contributed by atoms with van der Waals surface area (Å²) in [6.45, 7) is 3.46. The molecule has 0 saturated carbocycles. The van der Waals surface area contributed by atoms with Gasteiger partial charge in [0.25, 0.3) is 11.8 Å². The molecule has 24 amide bonds. The largest absolute Gasteiger partial charge is 0.330 e. The zero-order valence-electron chi connectivity index (χ0n) is 35.5. The summed E-state index contributed by atoms with van der Waals surface area (Å²) in [5, 5.41) is 29.5. The standard InChI is InChI=1S/C39H41N15O13/c1-20(2)18-26(28(56)54(4)53(3)19-40)41-29(57)43-31(59)45-33(61)47-35(63)49-37(65)51-39(67)52-38(66)50-36(64)48-34(62)46-32(60)44-30(58)42-27(55)25-16-14-24(15-17-25)23-12-10-22(11-13-23)21-8-6-5-7-9-21/h5-17,20,26H,18H2,1-4H3,(H12,41,42,43,44,45,46,47,48,49,50,51,52,55,57,58,59,60,61,62,63,64,65,66,67). The lowest BCUT2D eigenvalue weighted by Gasteiger charge is -2.28. The van der Waals surface area contributed by atoms with Crippen LogP contribution in [0.15, 0.2) is 78.9 Å². The van der Waals surface area contributed by atoms with E-state index in [-0.39, 0.29) is 17.9 Å². The Bertz CT molecular complexity index is 2480. The molecule has 0 radical (unpaired) electrons. The quantitative estimate of drug-likeness (QED) is 0.0870. The minimum atomic E-state index is -1.68. The zero-order valence-corrected chi connectivity index (χ0v) is 35.5.